The Bertz CT molecular complexity index is 348. The van der Waals surface area contributed by atoms with Crippen LogP contribution in [0.5, 0.6) is 0 Å². The third-order valence-corrected chi connectivity index (χ3v) is 2.92. The molecule has 0 spiro atoms. The monoisotopic (exact) mass is 315 g/mol. The number of nitrogens with zero attached hydrogens (tertiary/aromatic N) is 1. The number of hydrogen-bond acceptors (Lipinski definition) is 2. The average Bonchev–Trinajstić information content (AvgIpc) is 2.68. The fourth-order valence-electron chi connectivity index (χ4n) is 1.64. The first-order chi connectivity index (χ1) is 7.25. The maximum Gasteiger partial charge on any atom is 0.196 e. The predicted octanol–water partition coefficient (Wildman–Crippen LogP) is 2.85. The molecular weight excluding hydrogens is 301 g/mol. The van der Waals surface area contributed by atoms with Crippen molar-refractivity contribution < 1.29 is 4.74 Å². The van der Waals surface area contributed by atoms with E-state index in [-0.39, 0.29) is 0 Å². The lowest BCUT2D eigenvalue weighted by Crippen LogP contribution is -2.10. The van der Waals surface area contributed by atoms with Gasteiger partial charge in [-0.15, -0.1) is 0 Å². The lowest BCUT2D eigenvalue weighted by Gasteiger charge is -2.04. The Morgan fingerprint density at radius 3 is 2.80 bits per heavy atom. The van der Waals surface area contributed by atoms with Crippen LogP contribution in [0.4, 0.5) is 0 Å². The summed E-state index contributed by atoms with van der Waals surface area (Å²) in [5.41, 5.74) is 1.33. The zero-order valence-corrected chi connectivity index (χ0v) is 10.8. The van der Waals surface area contributed by atoms with Gasteiger partial charge in [0, 0.05) is 0 Å². The summed E-state index contributed by atoms with van der Waals surface area (Å²) in [6.07, 6.45) is 0.980. The fraction of sp³-hybridized carbons (Fsp3) is 0.417. The van der Waals surface area contributed by atoms with E-state index in [2.05, 4.69) is 58.8 Å². The molecule has 3 heteroatoms. The van der Waals surface area contributed by atoms with Gasteiger partial charge in [0.15, 0.2) is 5.90 Å². The molecule has 0 saturated carbocycles. The Morgan fingerprint density at radius 1 is 1.47 bits per heavy atom. The van der Waals surface area contributed by atoms with Gasteiger partial charge >= 0.3 is 0 Å². The molecule has 1 unspecified atom stereocenters. The Morgan fingerprint density at radius 2 is 2.20 bits per heavy atom. The van der Waals surface area contributed by atoms with Gasteiger partial charge in [-0.1, -0.05) is 52.9 Å². The van der Waals surface area contributed by atoms with E-state index in [0.717, 1.165) is 18.9 Å². The standard InChI is InChI=1S/C12H14INO/c1-9(13)12-14-11(8-15-12)7-10-5-3-2-4-6-10/h2-6,9,11H,7-8H2,1H3/t9?,11-/m0/s1. The molecule has 1 heterocycles. The predicted molar refractivity (Wildman–Crippen MR) is 70.8 cm³/mol. The van der Waals surface area contributed by atoms with Crippen LogP contribution in [0.25, 0.3) is 0 Å². The van der Waals surface area contributed by atoms with Crippen LogP contribution in [0, 0.1) is 0 Å². The van der Waals surface area contributed by atoms with Crippen molar-refractivity contribution in [3.05, 3.63) is 35.9 Å². The molecule has 2 rings (SSSR count). The molecule has 15 heavy (non-hydrogen) atoms. The minimum absolute atomic E-state index is 0.305. The molecule has 1 aromatic carbocycles. The molecule has 1 aliphatic heterocycles. The second-order valence-corrected chi connectivity index (χ2v) is 5.61. The molecule has 1 aromatic rings. The molecule has 0 fully saturated rings. The van der Waals surface area contributed by atoms with Crippen molar-refractivity contribution in [3.8, 4) is 0 Å². The first kappa shape index (κ1) is 10.9. The van der Waals surface area contributed by atoms with Crippen LogP contribution in [0.15, 0.2) is 35.3 Å². The zero-order chi connectivity index (χ0) is 10.7. The van der Waals surface area contributed by atoms with E-state index in [1.54, 1.807) is 0 Å². The van der Waals surface area contributed by atoms with Gasteiger partial charge in [-0.3, -0.25) is 0 Å². The number of halogens is 1. The van der Waals surface area contributed by atoms with Gasteiger partial charge in [-0.2, -0.15) is 0 Å². The topological polar surface area (TPSA) is 21.6 Å². The van der Waals surface area contributed by atoms with E-state index in [0.29, 0.717) is 9.97 Å². The van der Waals surface area contributed by atoms with Gasteiger partial charge < -0.3 is 4.74 Å². The third kappa shape index (κ3) is 2.93. The highest BCUT2D eigenvalue weighted by atomic mass is 127. The van der Waals surface area contributed by atoms with E-state index in [4.69, 9.17) is 4.74 Å². The summed E-state index contributed by atoms with van der Waals surface area (Å²) in [7, 11) is 0. The average molecular weight is 315 g/mol. The minimum atomic E-state index is 0.305. The molecule has 2 atom stereocenters. The molecule has 0 radical (unpaired) electrons. The normalized spacial score (nSPS) is 22.0. The van der Waals surface area contributed by atoms with Crippen molar-refractivity contribution in [2.45, 2.75) is 23.3 Å². The summed E-state index contributed by atoms with van der Waals surface area (Å²) in [5, 5.41) is 0. The second-order valence-electron chi connectivity index (χ2n) is 3.74. The molecule has 80 valence electrons. The van der Waals surface area contributed by atoms with E-state index in [1.807, 2.05) is 6.07 Å². The first-order valence-corrected chi connectivity index (χ1v) is 6.39. The van der Waals surface area contributed by atoms with Crippen LogP contribution in [0.1, 0.15) is 12.5 Å². The van der Waals surface area contributed by atoms with Crippen molar-refractivity contribution in [2.24, 2.45) is 4.99 Å². The maximum absolute atomic E-state index is 5.54. The van der Waals surface area contributed by atoms with Crippen LogP contribution in [-0.4, -0.2) is 22.5 Å². The summed E-state index contributed by atoms with van der Waals surface area (Å²) in [6.45, 7) is 2.84. The van der Waals surface area contributed by atoms with E-state index >= 15 is 0 Å². The second kappa shape index (κ2) is 4.96. The molecule has 0 amide bonds. The fourth-order valence-corrected chi connectivity index (χ4v) is 1.98. The zero-order valence-electron chi connectivity index (χ0n) is 8.69. The van der Waals surface area contributed by atoms with E-state index < -0.39 is 0 Å². The van der Waals surface area contributed by atoms with E-state index in [1.165, 1.54) is 5.56 Å². The summed E-state index contributed by atoms with van der Waals surface area (Å²) in [6, 6.07) is 10.8. The van der Waals surface area contributed by atoms with E-state index in [9.17, 15) is 0 Å². The Kier molecular flexibility index (Phi) is 3.61. The van der Waals surface area contributed by atoms with Crippen LogP contribution < -0.4 is 0 Å². The van der Waals surface area contributed by atoms with Crippen LogP contribution in [0.2, 0.25) is 0 Å². The van der Waals surface area contributed by atoms with Gasteiger partial charge in [-0.05, 0) is 18.9 Å². The Labute approximate surface area is 104 Å². The maximum atomic E-state index is 5.54. The number of rotatable bonds is 3. The SMILES string of the molecule is CC(I)C1=N[C@@H](Cc2ccccc2)CO1. The minimum Gasteiger partial charge on any atom is -0.478 e. The molecular formula is C12H14INO. The lowest BCUT2D eigenvalue weighted by atomic mass is 10.1. The van der Waals surface area contributed by atoms with Crippen LogP contribution in [-0.2, 0) is 11.2 Å². The number of alkyl halides is 1. The lowest BCUT2D eigenvalue weighted by molar-refractivity contribution is 0.312. The number of aliphatic imine (C=N–C) groups is 1. The van der Waals surface area contributed by atoms with Gasteiger partial charge in [0.05, 0.1) is 9.97 Å². The highest BCUT2D eigenvalue weighted by Crippen LogP contribution is 2.15. The van der Waals surface area contributed by atoms with Gasteiger partial charge in [0.1, 0.15) is 6.61 Å². The number of benzene rings is 1. The summed E-state index contributed by atoms with van der Waals surface area (Å²) in [5.74, 6) is 0.900. The van der Waals surface area contributed by atoms with Crippen molar-refractivity contribution >= 4 is 28.5 Å². The number of ether oxygens (including phenoxy) is 1. The van der Waals surface area contributed by atoms with Crippen molar-refractivity contribution in [3.63, 3.8) is 0 Å². The summed E-state index contributed by atoms with van der Waals surface area (Å²) in [4.78, 5) is 4.57. The Balaban J connectivity index is 1.98. The van der Waals surface area contributed by atoms with Crippen LogP contribution >= 0.6 is 22.6 Å². The smallest absolute Gasteiger partial charge is 0.196 e. The highest BCUT2D eigenvalue weighted by molar-refractivity contribution is 14.1. The molecule has 1 aliphatic rings. The molecule has 0 aromatic heterocycles. The molecule has 0 aliphatic carbocycles. The van der Waals surface area contributed by atoms with Crippen molar-refractivity contribution in [1.82, 2.24) is 0 Å². The van der Waals surface area contributed by atoms with Crippen molar-refractivity contribution in [1.29, 1.82) is 0 Å². The number of hydrogen-bond donors (Lipinski definition) is 0. The highest BCUT2D eigenvalue weighted by Gasteiger charge is 2.21. The third-order valence-electron chi connectivity index (χ3n) is 2.39. The molecule has 0 bridgehead atoms. The Hall–Kier alpha value is -0.580. The van der Waals surface area contributed by atoms with Crippen LogP contribution in [0.3, 0.4) is 0 Å². The largest absolute Gasteiger partial charge is 0.478 e. The molecule has 0 N–H and O–H groups in total. The van der Waals surface area contributed by atoms with Crippen molar-refractivity contribution in [2.75, 3.05) is 6.61 Å². The summed E-state index contributed by atoms with van der Waals surface area (Å²) >= 11 is 2.33. The summed E-state index contributed by atoms with van der Waals surface area (Å²) < 4.78 is 5.92. The van der Waals surface area contributed by atoms with Gasteiger partial charge in [0.25, 0.3) is 0 Å². The van der Waals surface area contributed by atoms with Gasteiger partial charge in [0.2, 0.25) is 0 Å². The first-order valence-electron chi connectivity index (χ1n) is 5.14. The molecule has 0 saturated heterocycles. The van der Waals surface area contributed by atoms with Gasteiger partial charge in [-0.25, -0.2) is 4.99 Å². The molecule has 2 nitrogen and oxygen atoms in total. The quantitative estimate of drug-likeness (QED) is 0.621.